The van der Waals surface area contributed by atoms with E-state index in [0.29, 0.717) is 24.4 Å². The van der Waals surface area contributed by atoms with E-state index in [0.717, 1.165) is 18.1 Å². The van der Waals surface area contributed by atoms with Gasteiger partial charge in [-0.2, -0.15) is 26.3 Å². The highest BCUT2D eigenvalue weighted by Gasteiger charge is 2.73. The van der Waals surface area contributed by atoms with E-state index in [4.69, 9.17) is 0 Å². The summed E-state index contributed by atoms with van der Waals surface area (Å²) in [7, 11) is 0. The Kier molecular flexibility index (Phi) is 5.00. The van der Waals surface area contributed by atoms with E-state index < -0.39 is 29.5 Å². The lowest BCUT2D eigenvalue weighted by Crippen LogP contribution is -2.50. The number of carbonyl (C=O) groups excluding carboxylic acids is 1. The fourth-order valence-electron chi connectivity index (χ4n) is 3.22. The molecule has 0 atom stereocenters. The quantitative estimate of drug-likeness (QED) is 0.644. The predicted molar refractivity (Wildman–Crippen MR) is 92.7 cm³/mol. The second kappa shape index (κ2) is 6.93. The molecule has 2 aromatic carbocycles. The molecule has 1 heterocycles. The van der Waals surface area contributed by atoms with E-state index in [-0.39, 0.29) is 16.8 Å². The smallest absolute Gasteiger partial charge is 0.384 e. The van der Waals surface area contributed by atoms with E-state index in [2.05, 4.69) is 10.6 Å². The zero-order valence-corrected chi connectivity index (χ0v) is 14.9. The SMILES string of the molecule is Cc1cc(C(F)(C(F)(F)F)C(F)(F)F)ccc1NC(=O)c1cccc2c1NCC2. The van der Waals surface area contributed by atoms with Crippen molar-refractivity contribution in [2.75, 3.05) is 17.2 Å². The van der Waals surface area contributed by atoms with E-state index in [9.17, 15) is 35.5 Å². The van der Waals surface area contributed by atoms with Crippen LogP contribution < -0.4 is 10.6 Å². The van der Waals surface area contributed by atoms with Crippen molar-refractivity contribution in [1.82, 2.24) is 0 Å². The zero-order chi connectivity index (χ0) is 21.6. The summed E-state index contributed by atoms with van der Waals surface area (Å²) in [6, 6.07) is 6.67. The number of amides is 1. The van der Waals surface area contributed by atoms with Gasteiger partial charge in [0.1, 0.15) is 0 Å². The number of halogens is 7. The molecule has 0 spiro atoms. The summed E-state index contributed by atoms with van der Waals surface area (Å²) in [5, 5.41) is 5.50. The maximum atomic E-state index is 14.2. The monoisotopic (exact) mass is 420 g/mol. The minimum absolute atomic E-state index is 0.0268. The summed E-state index contributed by atoms with van der Waals surface area (Å²) in [5.41, 5.74) is -5.46. The van der Waals surface area contributed by atoms with Gasteiger partial charge in [-0.15, -0.1) is 0 Å². The summed E-state index contributed by atoms with van der Waals surface area (Å²) in [4.78, 5) is 12.5. The lowest BCUT2D eigenvalue weighted by Gasteiger charge is -2.30. The molecule has 1 aliphatic rings. The Balaban J connectivity index is 1.93. The Bertz CT molecular complexity index is 937. The fourth-order valence-corrected chi connectivity index (χ4v) is 3.22. The Hall–Kier alpha value is -2.78. The van der Waals surface area contributed by atoms with Crippen LogP contribution in [0, 0.1) is 6.92 Å². The molecular weight excluding hydrogens is 405 g/mol. The average Bonchev–Trinajstić information content (AvgIpc) is 3.09. The summed E-state index contributed by atoms with van der Waals surface area (Å²) < 4.78 is 91.6. The lowest BCUT2D eigenvalue weighted by atomic mass is 9.92. The maximum Gasteiger partial charge on any atom is 0.435 e. The number of carbonyl (C=O) groups is 1. The van der Waals surface area contributed by atoms with E-state index in [1.807, 2.05) is 6.07 Å². The van der Waals surface area contributed by atoms with Crippen molar-refractivity contribution in [2.24, 2.45) is 0 Å². The van der Waals surface area contributed by atoms with Crippen LogP contribution in [0.5, 0.6) is 0 Å². The molecular formula is C19H15F7N2O. The highest BCUT2D eigenvalue weighted by Crippen LogP contribution is 2.53. The predicted octanol–water partition coefficient (Wildman–Crippen LogP) is 5.50. The van der Waals surface area contributed by atoms with Crippen molar-refractivity contribution in [3.05, 3.63) is 58.7 Å². The average molecular weight is 420 g/mol. The third-order valence-corrected chi connectivity index (χ3v) is 4.75. The van der Waals surface area contributed by atoms with Gasteiger partial charge in [0.15, 0.2) is 0 Å². The molecule has 10 heteroatoms. The van der Waals surface area contributed by atoms with Crippen molar-refractivity contribution in [3.63, 3.8) is 0 Å². The largest absolute Gasteiger partial charge is 0.435 e. The number of alkyl halides is 7. The zero-order valence-electron chi connectivity index (χ0n) is 14.9. The molecule has 3 nitrogen and oxygen atoms in total. The molecule has 3 rings (SSSR count). The van der Waals surface area contributed by atoms with Gasteiger partial charge >= 0.3 is 18.0 Å². The van der Waals surface area contributed by atoms with Crippen LogP contribution in [0.3, 0.4) is 0 Å². The molecule has 0 saturated heterocycles. The lowest BCUT2D eigenvalue weighted by molar-refractivity contribution is -0.348. The van der Waals surface area contributed by atoms with Crippen molar-refractivity contribution in [1.29, 1.82) is 0 Å². The second-order valence-corrected chi connectivity index (χ2v) is 6.65. The molecule has 0 radical (unpaired) electrons. The number of hydrogen-bond donors (Lipinski definition) is 2. The number of hydrogen-bond acceptors (Lipinski definition) is 2. The standard InChI is InChI=1S/C19H15F7N2O/c1-10-9-12(17(20,18(21,22)23)19(24,25)26)5-6-14(10)28-16(29)13-4-2-3-11-7-8-27-15(11)13/h2-6,9,27H,7-8H2,1H3,(H,28,29). The molecule has 0 fully saturated rings. The Labute approximate surface area is 160 Å². The van der Waals surface area contributed by atoms with Crippen LogP contribution in [-0.4, -0.2) is 24.8 Å². The first-order chi connectivity index (χ1) is 13.4. The van der Waals surface area contributed by atoms with Crippen molar-refractivity contribution < 1.29 is 35.5 Å². The summed E-state index contributed by atoms with van der Waals surface area (Å²) >= 11 is 0. The van der Waals surface area contributed by atoms with Gasteiger partial charge in [0.05, 0.1) is 11.3 Å². The number of anilines is 2. The molecule has 29 heavy (non-hydrogen) atoms. The first-order valence-electron chi connectivity index (χ1n) is 8.47. The normalized spacial score (nSPS) is 14.3. The van der Waals surface area contributed by atoms with Gasteiger partial charge in [0, 0.05) is 17.8 Å². The van der Waals surface area contributed by atoms with Gasteiger partial charge in [0.2, 0.25) is 0 Å². The number of para-hydroxylation sites is 1. The number of benzene rings is 2. The summed E-state index contributed by atoms with van der Waals surface area (Å²) in [6.07, 6.45) is -11.7. The number of nitrogens with one attached hydrogen (secondary N) is 2. The van der Waals surface area contributed by atoms with Crippen LogP contribution in [0.2, 0.25) is 0 Å². The molecule has 0 aromatic heterocycles. The summed E-state index contributed by atoms with van der Waals surface area (Å²) in [6.45, 7) is 1.82. The van der Waals surface area contributed by atoms with Crippen LogP contribution >= 0.6 is 0 Å². The minimum Gasteiger partial charge on any atom is -0.384 e. The molecule has 156 valence electrons. The fraction of sp³-hybridized carbons (Fsp3) is 0.316. The van der Waals surface area contributed by atoms with Crippen molar-refractivity contribution >= 4 is 17.3 Å². The Morgan fingerprint density at radius 1 is 1.00 bits per heavy atom. The van der Waals surface area contributed by atoms with Crippen LogP contribution in [0.4, 0.5) is 42.1 Å². The number of rotatable bonds is 3. The van der Waals surface area contributed by atoms with Gasteiger partial charge in [-0.1, -0.05) is 24.3 Å². The maximum absolute atomic E-state index is 14.2. The van der Waals surface area contributed by atoms with Gasteiger partial charge in [-0.25, -0.2) is 4.39 Å². The van der Waals surface area contributed by atoms with E-state index in [1.165, 1.54) is 13.0 Å². The molecule has 2 N–H and O–H groups in total. The molecule has 2 aromatic rings. The van der Waals surface area contributed by atoms with Crippen molar-refractivity contribution in [3.8, 4) is 0 Å². The number of fused-ring (bicyclic) bond motifs is 1. The highest BCUT2D eigenvalue weighted by atomic mass is 19.4. The Morgan fingerprint density at radius 2 is 1.66 bits per heavy atom. The van der Waals surface area contributed by atoms with Crippen LogP contribution in [0.15, 0.2) is 36.4 Å². The molecule has 0 saturated carbocycles. The second-order valence-electron chi connectivity index (χ2n) is 6.65. The van der Waals surface area contributed by atoms with Gasteiger partial charge in [0.25, 0.3) is 5.91 Å². The minimum atomic E-state index is -6.20. The van der Waals surface area contributed by atoms with Gasteiger partial charge in [-0.3, -0.25) is 4.79 Å². The third kappa shape index (κ3) is 3.51. The molecule has 0 bridgehead atoms. The van der Waals surface area contributed by atoms with Gasteiger partial charge in [-0.05, 0) is 36.6 Å². The number of aryl methyl sites for hydroxylation is 1. The molecule has 1 amide bonds. The van der Waals surface area contributed by atoms with Gasteiger partial charge < -0.3 is 10.6 Å². The van der Waals surface area contributed by atoms with Crippen LogP contribution in [0.1, 0.15) is 27.0 Å². The Morgan fingerprint density at radius 3 is 2.24 bits per heavy atom. The summed E-state index contributed by atoms with van der Waals surface area (Å²) in [5.74, 6) is -0.592. The van der Waals surface area contributed by atoms with Crippen molar-refractivity contribution in [2.45, 2.75) is 31.4 Å². The molecule has 0 unspecified atom stereocenters. The molecule has 1 aliphatic heterocycles. The molecule has 0 aliphatic carbocycles. The first kappa shape index (κ1) is 20.9. The first-order valence-corrected chi connectivity index (χ1v) is 8.47. The van der Waals surface area contributed by atoms with E-state index in [1.54, 1.807) is 6.07 Å². The van der Waals surface area contributed by atoms with E-state index >= 15 is 0 Å². The topological polar surface area (TPSA) is 41.1 Å². The highest BCUT2D eigenvalue weighted by molar-refractivity contribution is 6.09. The third-order valence-electron chi connectivity index (χ3n) is 4.75. The van der Waals surface area contributed by atoms with Crippen LogP contribution in [0.25, 0.3) is 0 Å². The van der Waals surface area contributed by atoms with Crippen LogP contribution in [-0.2, 0) is 12.1 Å².